The molecule has 0 radical (unpaired) electrons. The van der Waals surface area contributed by atoms with Crippen molar-refractivity contribution >= 4 is 58.0 Å². The topological polar surface area (TPSA) is 18.5 Å². The molecule has 1 saturated carbocycles. The molecule has 0 heterocycles. The molecule has 3 rings (SSSR count). The zero-order valence-corrected chi connectivity index (χ0v) is 15.6. The molecular formula is C15H13Cl5O2. The number of rotatable bonds is 3. The molecule has 7 heteroatoms. The highest BCUT2D eigenvalue weighted by Gasteiger charge is 2.80. The third-order valence-corrected chi connectivity index (χ3v) is 7.51. The lowest BCUT2D eigenvalue weighted by molar-refractivity contribution is -0.217. The summed E-state index contributed by atoms with van der Waals surface area (Å²) in [6, 6.07) is 7.38. The van der Waals surface area contributed by atoms with Gasteiger partial charge in [-0.1, -0.05) is 46.9 Å². The predicted octanol–water partition coefficient (Wildman–Crippen LogP) is 5.47. The fraction of sp³-hybridized carbons (Fsp3) is 0.467. The number of methoxy groups -OCH3 is 2. The van der Waals surface area contributed by atoms with Crippen LogP contribution in [0.25, 0.3) is 0 Å². The van der Waals surface area contributed by atoms with E-state index in [2.05, 4.69) is 0 Å². The highest BCUT2D eigenvalue weighted by atomic mass is 35.5. The molecule has 2 aliphatic rings. The maximum absolute atomic E-state index is 6.95. The van der Waals surface area contributed by atoms with Gasteiger partial charge in [0.2, 0.25) is 5.79 Å². The maximum atomic E-state index is 6.95. The number of alkyl halides is 2. The molecule has 22 heavy (non-hydrogen) atoms. The Morgan fingerprint density at radius 2 is 1.50 bits per heavy atom. The Balaban J connectivity index is 2.21. The van der Waals surface area contributed by atoms with Crippen LogP contribution >= 0.6 is 58.0 Å². The second-order valence-corrected chi connectivity index (χ2v) is 7.91. The van der Waals surface area contributed by atoms with E-state index in [0.717, 1.165) is 5.56 Å². The molecule has 2 bridgehead atoms. The van der Waals surface area contributed by atoms with E-state index in [9.17, 15) is 0 Å². The van der Waals surface area contributed by atoms with Gasteiger partial charge >= 0.3 is 0 Å². The molecule has 1 fully saturated rings. The quantitative estimate of drug-likeness (QED) is 0.493. The molecule has 1 aromatic carbocycles. The fourth-order valence-corrected chi connectivity index (χ4v) is 5.89. The molecule has 1 aromatic rings. The van der Waals surface area contributed by atoms with Crippen LogP contribution in [0, 0.1) is 0 Å². The van der Waals surface area contributed by atoms with Crippen LogP contribution < -0.4 is 0 Å². The zero-order chi connectivity index (χ0) is 16.3. The molecule has 0 aromatic heterocycles. The van der Waals surface area contributed by atoms with Crippen molar-refractivity contribution in [1.82, 2.24) is 0 Å². The standard InChI is InChI=1S/C15H13Cl5O2/c1-21-15(22-2)13(19)7-10(8-3-5-9(16)6-4-8)14(15,20)12(18)11(13)17/h3-6,10H,7H2,1-2H3. The molecule has 0 spiro atoms. The Hall–Kier alpha value is 0.330. The number of hydrogen-bond donors (Lipinski definition) is 0. The molecule has 2 aliphatic carbocycles. The molecule has 3 atom stereocenters. The van der Waals surface area contributed by atoms with Gasteiger partial charge in [0, 0.05) is 25.2 Å². The van der Waals surface area contributed by atoms with Gasteiger partial charge in [0.25, 0.3) is 0 Å². The molecular weight excluding hydrogens is 389 g/mol. The van der Waals surface area contributed by atoms with Crippen molar-refractivity contribution in [2.24, 2.45) is 0 Å². The first-order chi connectivity index (χ1) is 10.3. The lowest BCUT2D eigenvalue weighted by Crippen LogP contribution is -2.56. The van der Waals surface area contributed by atoms with Crippen molar-refractivity contribution < 1.29 is 9.47 Å². The van der Waals surface area contributed by atoms with Crippen molar-refractivity contribution in [3.8, 4) is 0 Å². The van der Waals surface area contributed by atoms with Crippen LogP contribution in [0.3, 0.4) is 0 Å². The van der Waals surface area contributed by atoms with Crippen molar-refractivity contribution in [3.63, 3.8) is 0 Å². The average Bonchev–Trinajstić information content (AvgIpc) is 2.79. The minimum Gasteiger partial charge on any atom is -0.350 e. The second-order valence-electron chi connectivity index (χ2n) is 5.47. The van der Waals surface area contributed by atoms with Gasteiger partial charge in [-0.3, -0.25) is 0 Å². The summed E-state index contributed by atoms with van der Waals surface area (Å²) < 4.78 is 11.3. The van der Waals surface area contributed by atoms with E-state index in [1.807, 2.05) is 12.1 Å². The normalized spacial score (nSPS) is 36.2. The third kappa shape index (κ3) is 1.78. The molecule has 0 N–H and O–H groups in total. The number of fused-ring (bicyclic) bond motifs is 2. The average molecular weight is 403 g/mol. The molecule has 3 unspecified atom stereocenters. The molecule has 2 nitrogen and oxygen atoms in total. The highest BCUT2D eigenvalue weighted by molar-refractivity contribution is 6.52. The van der Waals surface area contributed by atoms with E-state index in [1.165, 1.54) is 14.2 Å². The first-order valence-electron chi connectivity index (χ1n) is 6.58. The van der Waals surface area contributed by atoms with Crippen LogP contribution in [0.15, 0.2) is 34.3 Å². The third-order valence-electron chi connectivity index (χ3n) is 4.67. The smallest absolute Gasteiger partial charge is 0.217 e. The van der Waals surface area contributed by atoms with Gasteiger partial charge in [0.05, 0.1) is 10.1 Å². The van der Waals surface area contributed by atoms with Crippen LogP contribution in [0.5, 0.6) is 0 Å². The van der Waals surface area contributed by atoms with E-state index in [4.69, 9.17) is 67.5 Å². The summed E-state index contributed by atoms with van der Waals surface area (Å²) in [6.45, 7) is 0. The van der Waals surface area contributed by atoms with Crippen molar-refractivity contribution in [3.05, 3.63) is 44.9 Å². The van der Waals surface area contributed by atoms with Gasteiger partial charge in [0.1, 0.15) is 9.75 Å². The molecule has 0 amide bonds. The fourth-order valence-electron chi connectivity index (χ4n) is 3.69. The summed E-state index contributed by atoms with van der Waals surface area (Å²) in [7, 11) is 2.98. The van der Waals surface area contributed by atoms with E-state index in [-0.39, 0.29) is 16.0 Å². The van der Waals surface area contributed by atoms with Crippen LogP contribution in [0.4, 0.5) is 0 Å². The lowest BCUT2D eigenvalue weighted by Gasteiger charge is -2.41. The molecule has 120 valence electrons. The Bertz CT molecular complexity index is 640. The van der Waals surface area contributed by atoms with Gasteiger partial charge < -0.3 is 9.47 Å². The summed E-state index contributed by atoms with van der Waals surface area (Å²) in [5.74, 6) is -1.57. The SMILES string of the molecule is COC1(OC)C2(Cl)CC(c3ccc(Cl)cc3)C1(Cl)C(Cl)=C2Cl. The van der Waals surface area contributed by atoms with E-state index >= 15 is 0 Å². The predicted molar refractivity (Wildman–Crippen MR) is 91.5 cm³/mol. The maximum Gasteiger partial charge on any atom is 0.217 e. The Labute approximate surface area is 154 Å². The summed E-state index contributed by atoms with van der Waals surface area (Å²) in [4.78, 5) is -2.34. The van der Waals surface area contributed by atoms with E-state index < -0.39 is 15.5 Å². The van der Waals surface area contributed by atoms with Gasteiger partial charge in [-0.25, -0.2) is 0 Å². The van der Waals surface area contributed by atoms with Crippen molar-refractivity contribution in [2.75, 3.05) is 14.2 Å². The van der Waals surface area contributed by atoms with Crippen LogP contribution in [-0.2, 0) is 9.47 Å². The summed E-state index contributed by atoms with van der Waals surface area (Å²) in [5.41, 5.74) is 0.947. The minimum atomic E-state index is -1.35. The van der Waals surface area contributed by atoms with Crippen LogP contribution in [0.2, 0.25) is 5.02 Å². The summed E-state index contributed by atoms with van der Waals surface area (Å²) in [6.07, 6.45) is 0.441. The van der Waals surface area contributed by atoms with E-state index in [1.54, 1.807) is 12.1 Å². The Morgan fingerprint density at radius 1 is 0.955 bits per heavy atom. The number of hydrogen-bond acceptors (Lipinski definition) is 2. The second kappa shape index (κ2) is 5.42. The van der Waals surface area contributed by atoms with Crippen molar-refractivity contribution in [2.45, 2.75) is 27.9 Å². The Kier molecular flexibility index (Phi) is 4.23. The van der Waals surface area contributed by atoms with Gasteiger partial charge in [-0.2, -0.15) is 0 Å². The Morgan fingerprint density at radius 3 is 1.95 bits per heavy atom. The first-order valence-corrected chi connectivity index (χ1v) is 8.47. The zero-order valence-electron chi connectivity index (χ0n) is 11.8. The van der Waals surface area contributed by atoms with Crippen molar-refractivity contribution in [1.29, 1.82) is 0 Å². The first kappa shape index (κ1) is 17.2. The summed E-state index contributed by atoms with van der Waals surface area (Å²) in [5, 5.41) is 1.18. The van der Waals surface area contributed by atoms with Gasteiger partial charge in [0.15, 0.2) is 0 Å². The van der Waals surface area contributed by atoms with Gasteiger partial charge in [-0.15, -0.1) is 23.2 Å². The number of halogens is 5. The number of ether oxygens (including phenoxy) is 2. The lowest BCUT2D eigenvalue weighted by atomic mass is 9.85. The highest BCUT2D eigenvalue weighted by Crippen LogP contribution is 2.73. The van der Waals surface area contributed by atoms with E-state index in [0.29, 0.717) is 11.4 Å². The minimum absolute atomic E-state index is 0.223. The van der Waals surface area contributed by atoms with Crippen LogP contribution in [-0.4, -0.2) is 29.8 Å². The van der Waals surface area contributed by atoms with Crippen LogP contribution in [0.1, 0.15) is 17.9 Å². The number of benzene rings is 1. The molecule has 0 saturated heterocycles. The molecule has 0 aliphatic heterocycles. The summed E-state index contributed by atoms with van der Waals surface area (Å²) >= 11 is 32.5. The largest absolute Gasteiger partial charge is 0.350 e. The monoisotopic (exact) mass is 400 g/mol. The van der Waals surface area contributed by atoms with Gasteiger partial charge in [-0.05, 0) is 24.1 Å².